The van der Waals surface area contributed by atoms with E-state index in [2.05, 4.69) is 0 Å². The van der Waals surface area contributed by atoms with Crippen molar-refractivity contribution in [3.05, 3.63) is 11.6 Å². The number of allylic oxidation sites excluding steroid dienone is 1. The van der Waals surface area contributed by atoms with Gasteiger partial charge in [-0.05, 0) is 38.3 Å². The second-order valence-electron chi connectivity index (χ2n) is 5.78. The lowest BCUT2D eigenvalue weighted by molar-refractivity contribution is -0.138. The van der Waals surface area contributed by atoms with Crippen LogP contribution in [0.4, 0.5) is 0 Å². The van der Waals surface area contributed by atoms with Gasteiger partial charge in [-0.25, -0.2) is 0 Å². The van der Waals surface area contributed by atoms with E-state index < -0.39 is 11.0 Å². The summed E-state index contributed by atoms with van der Waals surface area (Å²) in [7, 11) is 0. The lowest BCUT2D eigenvalue weighted by atomic mass is 9.74. The van der Waals surface area contributed by atoms with Crippen LogP contribution in [0.1, 0.15) is 40.5 Å². The van der Waals surface area contributed by atoms with Crippen molar-refractivity contribution in [2.45, 2.75) is 46.1 Å². The highest BCUT2D eigenvalue weighted by molar-refractivity contribution is 6.18. The fourth-order valence-corrected chi connectivity index (χ4v) is 3.19. The minimum Gasteiger partial charge on any atom is -0.386 e. The Morgan fingerprint density at radius 1 is 1.65 bits per heavy atom. The second-order valence-corrected chi connectivity index (χ2v) is 5.78. The van der Waals surface area contributed by atoms with Crippen LogP contribution < -0.4 is 0 Å². The molecule has 0 spiro atoms. The van der Waals surface area contributed by atoms with Gasteiger partial charge in [0.05, 0.1) is 11.0 Å². The molecule has 0 aliphatic heterocycles. The fourth-order valence-electron chi connectivity index (χ4n) is 3.19. The maximum Gasteiger partial charge on any atom is 0.172 e. The fraction of sp³-hybridized carbons (Fsp3) is 0.714. The summed E-state index contributed by atoms with van der Waals surface area (Å²) in [6, 6.07) is 0. The molecule has 0 amide bonds. The average molecular weight is 236 g/mol. The summed E-state index contributed by atoms with van der Waals surface area (Å²) in [6.45, 7) is 7.20. The quantitative estimate of drug-likeness (QED) is 0.761. The summed E-state index contributed by atoms with van der Waals surface area (Å²) in [5, 5.41) is 10.3. The van der Waals surface area contributed by atoms with E-state index in [1.54, 1.807) is 19.9 Å². The van der Waals surface area contributed by atoms with E-state index in [-0.39, 0.29) is 23.4 Å². The number of fused-ring (bicyclic) bond motifs is 1. The zero-order chi connectivity index (χ0) is 13.0. The molecule has 1 saturated carbocycles. The van der Waals surface area contributed by atoms with E-state index in [9.17, 15) is 14.7 Å². The Hall–Kier alpha value is -0.960. The van der Waals surface area contributed by atoms with Crippen LogP contribution in [-0.2, 0) is 9.59 Å². The molecule has 3 nitrogen and oxygen atoms in total. The number of hydrogen-bond acceptors (Lipinski definition) is 3. The third-order valence-corrected chi connectivity index (χ3v) is 4.44. The Kier molecular flexibility index (Phi) is 2.58. The van der Waals surface area contributed by atoms with Crippen molar-refractivity contribution in [1.82, 2.24) is 0 Å². The van der Waals surface area contributed by atoms with Gasteiger partial charge in [0.1, 0.15) is 5.78 Å². The number of aliphatic hydroxyl groups is 1. The van der Waals surface area contributed by atoms with Gasteiger partial charge in [-0.15, -0.1) is 0 Å². The maximum absolute atomic E-state index is 12.4. The standard InChI is InChI=1S/C14H20O3/c1-5-8(2)11(15)14-7-10(14)13(4,17)6-9(3)12(14)16/h6,8,10,17H,5,7H2,1-4H3/t8-,10-,13-,14-/m0/s1. The van der Waals surface area contributed by atoms with Gasteiger partial charge in [0.25, 0.3) is 0 Å². The molecule has 0 aromatic heterocycles. The van der Waals surface area contributed by atoms with E-state index in [0.717, 1.165) is 6.42 Å². The van der Waals surface area contributed by atoms with Crippen LogP contribution >= 0.6 is 0 Å². The normalized spacial score (nSPS) is 41.6. The molecule has 0 bridgehead atoms. The molecule has 1 fully saturated rings. The van der Waals surface area contributed by atoms with E-state index in [1.807, 2.05) is 13.8 Å². The topological polar surface area (TPSA) is 54.4 Å². The number of ketones is 2. The second kappa shape index (κ2) is 3.52. The summed E-state index contributed by atoms with van der Waals surface area (Å²) >= 11 is 0. The van der Waals surface area contributed by atoms with Gasteiger partial charge in [-0.2, -0.15) is 0 Å². The molecule has 0 aromatic rings. The van der Waals surface area contributed by atoms with E-state index in [0.29, 0.717) is 12.0 Å². The van der Waals surface area contributed by atoms with Crippen molar-refractivity contribution >= 4 is 11.6 Å². The minimum absolute atomic E-state index is 0.0164. The van der Waals surface area contributed by atoms with Gasteiger partial charge in [0.15, 0.2) is 5.78 Å². The first-order valence-electron chi connectivity index (χ1n) is 6.28. The Balaban J connectivity index is 2.40. The van der Waals surface area contributed by atoms with Crippen LogP contribution in [0.2, 0.25) is 0 Å². The summed E-state index contributed by atoms with van der Waals surface area (Å²) in [6.07, 6.45) is 2.86. The van der Waals surface area contributed by atoms with Gasteiger partial charge in [0, 0.05) is 11.8 Å². The average Bonchev–Trinajstić information content (AvgIpc) is 3.01. The van der Waals surface area contributed by atoms with E-state index >= 15 is 0 Å². The number of carbonyl (C=O) groups excluding carboxylic acids is 2. The summed E-state index contributed by atoms with van der Waals surface area (Å²) in [5.74, 6) is -0.375. The van der Waals surface area contributed by atoms with E-state index in [1.165, 1.54) is 0 Å². The van der Waals surface area contributed by atoms with Gasteiger partial charge in [0.2, 0.25) is 0 Å². The molecule has 2 rings (SSSR count). The first kappa shape index (κ1) is 12.5. The van der Waals surface area contributed by atoms with Crippen LogP contribution in [-0.4, -0.2) is 22.3 Å². The van der Waals surface area contributed by atoms with Gasteiger partial charge < -0.3 is 5.11 Å². The van der Waals surface area contributed by atoms with Crippen molar-refractivity contribution in [2.75, 3.05) is 0 Å². The predicted octanol–water partition coefficient (Wildman–Crippen LogP) is 1.89. The smallest absolute Gasteiger partial charge is 0.172 e. The first-order valence-corrected chi connectivity index (χ1v) is 6.28. The Labute approximate surface area is 102 Å². The van der Waals surface area contributed by atoms with Crippen LogP contribution in [0.5, 0.6) is 0 Å². The Morgan fingerprint density at radius 3 is 2.76 bits per heavy atom. The third kappa shape index (κ3) is 1.52. The Bertz CT molecular complexity index is 419. The highest BCUT2D eigenvalue weighted by Gasteiger charge is 2.71. The SMILES string of the molecule is CC[C@H](C)C(=O)[C@]12C[C@H]1[C@@](C)(O)C=C(C)C2=O. The molecule has 0 radical (unpaired) electrons. The molecule has 1 N–H and O–H groups in total. The molecule has 0 aromatic carbocycles. The third-order valence-electron chi connectivity index (χ3n) is 4.44. The molecular weight excluding hydrogens is 216 g/mol. The summed E-state index contributed by atoms with van der Waals surface area (Å²) in [4.78, 5) is 24.6. The highest BCUT2D eigenvalue weighted by Crippen LogP contribution is 2.63. The number of hydrogen-bond donors (Lipinski definition) is 1. The summed E-state index contributed by atoms with van der Waals surface area (Å²) in [5.41, 5.74) is -1.39. The number of rotatable bonds is 3. The highest BCUT2D eigenvalue weighted by atomic mass is 16.3. The van der Waals surface area contributed by atoms with Crippen LogP contribution in [0.25, 0.3) is 0 Å². The predicted molar refractivity (Wildman–Crippen MR) is 64.4 cm³/mol. The molecule has 94 valence electrons. The molecule has 0 heterocycles. The largest absolute Gasteiger partial charge is 0.386 e. The lowest BCUT2D eigenvalue weighted by Crippen LogP contribution is -2.42. The van der Waals surface area contributed by atoms with Crippen molar-refractivity contribution in [3.63, 3.8) is 0 Å². The molecule has 0 saturated heterocycles. The molecule has 2 aliphatic rings. The molecule has 17 heavy (non-hydrogen) atoms. The molecule has 2 aliphatic carbocycles. The van der Waals surface area contributed by atoms with Crippen molar-refractivity contribution < 1.29 is 14.7 Å². The zero-order valence-corrected chi connectivity index (χ0v) is 10.9. The molecule has 0 unspecified atom stereocenters. The van der Waals surface area contributed by atoms with Crippen molar-refractivity contribution in [1.29, 1.82) is 0 Å². The van der Waals surface area contributed by atoms with Gasteiger partial charge >= 0.3 is 0 Å². The summed E-state index contributed by atoms with van der Waals surface area (Å²) < 4.78 is 0. The van der Waals surface area contributed by atoms with Crippen LogP contribution in [0, 0.1) is 17.3 Å². The van der Waals surface area contributed by atoms with Gasteiger partial charge in [-0.3, -0.25) is 9.59 Å². The molecule has 4 atom stereocenters. The lowest BCUT2D eigenvalue weighted by Gasteiger charge is -2.30. The molecular formula is C14H20O3. The van der Waals surface area contributed by atoms with E-state index in [4.69, 9.17) is 0 Å². The van der Waals surface area contributed by atoms with Gasteiger partial charge in [-0.1, -0.05) is 13.8 Å². The first-order chi connectivity index (χ1) is 7.77. The van der Waals surface area contributed by atoms with Crippen LogP contribution in [0.15, 0.2) is 11.6 Å². The minimum atomic E-state index is -1.01. The monoisotopic (exact) mass is 236 g/mol. The maximum atomic E-state index is 12.4. The molecule has 3 heteroatoms. The Morgan fingerprint density at radius 2 is 2.24 bits per heavy atom. The zero-order valence-electron chi connectivity index (χ0n) is 10.9. The van der Waals surface area contributed by atoms with Crippen molar-refractivity contribution in [3.8, 4) is 0 Å². The number of carbonyl (C=O) groups is 2. The van der Waals surface area contributed by atoms with Crippen molar-refractivity contribution in [2.24, 2.45) is 17.3 Å². The number of Topliss-reactive ketones (excluding diaryl/α,β-unsaturated/α-hetero) is 2. The van der Waals surface area contributed by atoms with Crippen LogP contribution in [0.3, 0.4) is 0 Å².